The smallest absolute Gasteiger partial charge is 0.354 e. The molecule has 1 aromatic heterocycles. The Morgan fingerprint density at radius 1 is 1.65 bits per heavy atom. The molecule has 17 heavy (non-hydrogen) atoms. The van der Waals surface area contributed by atoms with Crippen LogP contribution in [0.3, 0.4) is 0 Å². The molecule has 1 aliphatic heterocycles. The largest absolute Gasteiger partial charge is 0.477 e. The lowest BCUT2D eigenvalue weighted by Gasteiger charge is -2.32. The third-order valence-electron chi connectivity index (χ3n) is 2.68. The van der Waals surface area contributed by atoms with Gasteiger partial charge in [-0.05, 0) is 6.92 Å². The Hall–Kier alpha value is -1.89. The van der Waals surface area contributed by atoms with E-state index in [1.165, 1.54) is 6.33 Å². The minimum absolute atomic E-state index is 0.0498. The molecule has 92 valence electrons. The Labute approximate surface area is 97.4 Å². The lowest BCUT2D eigenvalue weighted by Crippen LogP contribution is -2.47. The minimum Gasteiger partial charge on any atom is -0.477 e. The number of amides is 1. The highest BCUT2D eigenvalue weighted by atomic mass is 16.5. The molecular weight excluding hydrogens is 226 g/mol. The Bertz CT molecular complexity index is 443. The summed E-state index contributed by atoms with van der Waals surface area (Å²) in [5, 5.41) is 8.90. The van der Waals surface area contributed by atoms with Gasteiger partial charge in [0.2, 0.25) is 0 Å². The van der Waals surface area contributed by atoms with E-state index < -0.39 is 5.97 Å². The zero-order chi connectivity index (χ0) is 12.4. The fourth-order valence-electron chi connectivity index (χ4n) is 1.78. The molecule has 2 N–H and O–H groups in total. The molecule has 0 aromatic carbocycles. The van der Waals surface area contributed by atoms with Crippen molar-refractivity contribution in [3.8, 4) is 0 Å². The van der Waals surface area contributed by atoms with Gasteiger partial charge < -0.3 is 19.7 Å². The number of rotatable bonds is 2. The van der Waals surface area contributed by atoms with Crippen molar-refractivity contribution >= 4 is 11.9 Å². The molecule has 1 aromatic rings. The summed E-state index contributed by atoms with van der Waals surface area (Å²) >= 11 is 0. The van der Waals surface area contributed by atoms with Gasteiger partial charge in [0.25, 0.3) is 5.91 Å². The molecule has 7 heteroatoms. The van der Waals surface area contributed by atoms with Crippen molar-refractivity contribution in [2.24, 2.45) is 0 Å². The number of imidazole rings is 1. The van der Waals surface area contributed by atoms with Gasteiger partial charge in [-0.2, -0.15) is 0 Å². The zero-order valence-electron chi connectivity index (χ0n) is 9.34. The normalized spacial score (nSPS) is 20.3. The van der Waals surface area contributed by atoms with Crippen LogP contribution < -0.4 is 0 Å². The first-order valence-electron chi connectivity index (χ1n) is 5.26. The van der Waals surface area contributed by atoms with Gasteiger partial charge in [0.05, 0.1) is 25.6 Å². The second-order valence-corrected chi connectivity index (χ2v) is 3.85. The molecule has 1 fully saturated rings. The van der Waals surface area contributed by atoms with E-state index in [1.54, 1.807) is 4.90 Å². The first-order chi connectivity index (χ1) is 8.11. The number of H-pyrrole nitrogens is 1. The van der Waals surface area contributed by atoms with E-state index in [1.807, 2.05) is 6.92 Å². The van der Waals surface area contributed by atoms with E-state index in [-0.39, 0.29) is 23.3 Å². The average Bonchev–Trinajstić information content (AvgIpc) is 2.77. The van der Waals surface area contributed by atoms with Crippen LogP contribution in [0.1, 0.15) is 27.9 Å². The molecule has 0 radical (unpaired) electrons. The summed E-state index contributed by atoms with van der Waals surface area (Å²) in [7, 11) is 0. The van der Waals surface area contributed by atoms with E-state index in [9.17, 15) is 9.59 Å². The van der Waals surface area contributed by atoms with Gasteiger partial charge in [0.1, 0.15) is 0 Å². The number of nitrogens with zero attached hydrogens (tertiary/aromatic N) is 2. The lowest BCUT2D eigenvalue weighted by atomic mass is 10.2. The van der Waals surface area contributed by atoms with Crippen LogP contribution in [0.2, 0.25) is 0 Å². The quantitative estimate of drug-likeness (QED) is 0.755. The topological polar surface area (TPSA) is 95.5 Å². The molecule has 1 atom stereocenters. The van der Waals surface area contributed by atoms with Crippen LogP contribution in [0.15, 0.2) is 6.33 Å². The molecule has 0 aliphatic carbocycles. The van der Waals surface area contributed by atoms with Crippen molar-refractivity contribution in [2.75, 3.05) is 19.8 Å². The second-order valence-electron chi connectivity index (χ2n) is 3.85. The number of carboxylic acid groups (broad SMARTS) is 1. The highest BCUT2D eigenvalue weighted by Crippen LogP contribution is 2.13. The number of aromatic amines is 1. The van der Waals surface area contributed by atoms with Crippen LogP contribution in [-0.2, 0) is 4.74 Å². The van der Waals surface area contributed by atoms with Crippen molar-refractivity contribution < 1.29 is 19.4 Å². The maximum Gasteiger partial charge on any atom is 0.354 e. The number of ether oxygens (including phenoxy) is 1. The number of hydrogen-bond donors (Lipinski definition) is 2. The second kappa shape index (κ2) is 4.54. The van der Waals surface area contributed by atoms with E-state index in [4.69, 9.17) is 9.84 Å². The van der Waals surface area contributed by atoms with Crippen LogP contribution in [0.25, 0.3) is 0 Å². The summed E-state index contributed by atoms with van der Waals surface area (Å²) in [6.45, 7) is 3.22. The van der Waals surface area contributed by atoms with Gasteiger partial charge in [0.15, 0.2) is 11.4 Å². The molecule has 1 aliphatic rings. The minimum atomic E-state index is -1.19. The summed E-state index contributed by atoms with van der Waals surface area (Å²) in [6, 6.07) is -0.0744. The number of carboxylic acids is 1. The Balaban J connectivity index is 2.24. The monoisotopic (exact) mass is 239 g/mol. The van der Waals surface area contributed by atoms with Gasteiger partial charge in [-0.1, -0.05) is 0 Å². The molecule has 2 rings (SSSR count). The first kappa shape index (κ1) is 11.6. The Morgan fingerprint density at radius 3 is 3.06 bits per heavy atom. The molecule has 7 nitrogen and oxygen atoms in total. The summed E-state index contributed by atoms with van der Waals surface area (Å²) in [5.41, 5.74) is -0.222. The van der Waals surface area contributed by atoms with Gasteiger partial charge in [-0.3, -0.25) is 4.79 Å². The number of carbonyl (C=O) groups is 2. The Kier molecular flexibility index (Phi) is 3.10. The molecule has 0 bridgehead atoms. The van der Waals surface area contributed by atoms with Gasteiger partial charge in [-0.15, -0.1) is 0 Å². The number of hydrogen-bond acceptors (Lipinski definition) is 4. The summed E-state index contributed by atoms with van der Waals surface area (Å²) in [6.07, 6.45) is 1.21. The molecule has 2 heterocycles. The number of aromatic carboxylic acids is 1. The van der Waals surface area contributed by atoms with Gasteiger partial charge in [-0.25, -0.2) is 9.78 Å². The number of carbonyl (C=O) groups excluding carboxylic acids is 1. The van der Waals surface area contributed by atoms with Gasteiger partial charge >= 0.3 is 5.97 Å². The average molecular weight is 239 g/mol. The first-order valence-corrected chi connectivity index (χ1v) is 5.26. The molecule has 0 spiro atoms. The Morgan fingerprint density at radius 2 is 2.41 bits per heavy atom. The van der Waals surface area contributed by atoms with Crippen LogP contribution >= 0.6 is 0 Å². The predicted octanol–water partition coefficient (Wildman–Crippen LogP) is -0.0312. The molecule has 0 saturated carbocycles. The molecular formula is C10H13N3O4. The third-order valence-corrected chi connectivity index (χ3v) is 2.68. The predicted molar refractivity (Wildman–Crippen MR) is 56.9 cm³/mol. The van der Waals surface area contributed by atoms with Crippen molar-refractivity contribution in [3.63, 3.8) is 0 Å². The summed E-state index contributed by atoms with van der Waals surface area (Å²) in [4.78, 5) is 30.8. The third kappa shape index (κ3) is 2.14. The summed E-state index contributed by atoms with van der Waals surface area (Å²) in [5.74, 6) is -1.56. The molecule has 1 saturated heterocycles. The van der Waals surface area contributed by atoms with Crippen LogP contribution in [0, 0.1) is 0 Å². The van der Waals surface area contributed by atoms with Crippen LogP contribution in [0.4, 0.5) is 0 Å². The maximum absolute atomic E-state index is 12.1. The van der Waals surface area contributed by atoms with Crippen molar-refractivity contribution in [1.82, 2.24) is 14.9 Å². The highest BCUT2D eigenvalue weighted by Gasteiger charge is 2.29. The molecule has 1 amide bonds. The number of aromatic nitrogens is 2. The van der Waals surface area contributed by atoms with Crippen molar-refractivity contribution in [3.05, 3.63) is 17.7 Å². The van der Waals surface area contributed by atoms with Gasteiger partial charge in [0, 0.05) is 6.54 Å². The highest BCUT2D eigenvalue weighted by molar-refractivity contribution is 6.02. The van der Waals surface area contributed by atoms with E-state index in [0.29, 0.717) is 19.8 Å². The fourth-order valence-corrected chi connectivity index (χ4v) is 1.78. The number of nitrogens with one attached hydrogen (secondary N) is 1. The van der Waals surface area contributed by atoms with Crippen molar-refractivity contribution in [1.29, 1.82) is 0 Å². The number of morpholine rings is 1. The van der Waals surface area contributed by atoms with Crippen LogP contribution in [0.5, 0.6) is 0 Å². The van der Waals surface area contributed by atoms with Crippen LogP contribution in [-0.4, -0.2) is 57.7 Å². The summed E-state index contributed by atoms with van der Waals surface area (Å²) < 4.78 is 5.22. The lowest BCUT2D eigenvalue weighted by molar-refractivity contribution is 0.00316. The standard InChI is InChI=1S/C10H13N3O4/c1-6-4-17-3-2-13(6)9(14)7-8(10(15)16)12-5-11-7/h5-6H,2-4H2,1H3,(H,11,12)(H,15,16)/t6-/m1/s1. The fraction of sp³-hybridized carbons (Fsp3) is 0.500. The van der Waals surface area contributed by atoms with Crippen molar-refractivity contribution in [2.45, 2.75) is 13.0 Å². The zero-order valence-corrected chi connectivity index (χ0v) is 9.34. The van der Waals surface area contributed by atoms with E-state index >= 15 is 0 Å². The van der Waals surface area contributed by atoms with E-state index in [0.717, 1.165) is 0 Å². The SMILES string of the molecule is C[C@@H]1COCCN1C(=O)c1nc[nH]c1C(=O)O. The molecule has 0 unspecified atom stereocenters. The maximum atomic E-state index is 12.1. The van der Waals surface area contributed by atoms with E-state index in [2.05, 4.69) is 9.97 Å².